The van der Waals surface area contributed by atoms with Gasteiger partial charge in [0.15, 0.2) is 0 Å². The highest BCUT2D eigenvalue weighted by Crippen LogP contribution is 2.43. The van der Waals surface area contributed by atoms with Gasteiger partial charge < -0.3 is 5.11 Å². The Morgan fingerprint density at radius 1 is 1.11 bits per heavy atom. The Morgan fingerprint density at radius 2 is 1.79 bits per heavy atom. The minimum atomic E-state index is -0.631. The molecule has 0 heterocycles. The molecule has 3 rings (SSSR count). The zero-order chi connectivity index (χ0) is 13.3. The van der Waals surface area contributed by atoms with Crippen LogP contribution in [0, 0.1) is 0 Å². The zero-order valence-corrected chi connectivity index (χ0v) is 11.4. The summed E-state index contributed by atoms with van der Waals surface area (Å²) in [5.74, 6) is 0.0285. The summed E-state index contributed by atoms with van der Waals surface area (Å²) in [6.07, 6.45) is 8.86. The molecule has 0 unspecified atom stereocenters. The van der Waals surface area contributed by atoms with Gasteiger partial charge in [0.1, 0.15) is 0 Å². The van der Waals surface area contributed by atoms with Gasteiger partial charge in [0.2, 0.25) is 0 Å². The molecule has 19 heavy (non-hydrogen) atoms. The first kappa shape index (κ1) is 12.7. The second kappa shape index (κ2) is 4.99. The molecule has 1 aromatic rings. The van der Waals surface area contributed by atoms with Gasteiger partial charge in [0, 0.05) is 0 Å². The van der Waals surface area contributed by atoms with Crippen molar-refractivity contribution in [2.24, 2.45) is 0 Å². The van der Waals surface area contributed by atoms with Gasteiger partial charge >= 0.3 is 5.97 Å². The van der Waals surface area contributed by atoms with E-state index in [2.05, 4.69) is 18.2 Å². The molecule has 0 bridgehead atoms. The summed E-state index contributed by atoms with van der Waals surface area (Å²) >= 11 is 0. The van der Waals surface area contributed by atoms with E-state index in [9.17, 15) is 9.90 Å². The van der Waals surface area contributed by atoms with Crippen molar-refractivity contribution >= 4 is 5.97 Å². The van der Waals surface area contributed by atoms with Gasteiger partial charge in [-0.3, -0.25) is 4.79 Å². The first-order valence-electron chi connectivity index (χ1n) is 7.56. The molecule has 0 atom stereocenters. The van der Waals surface area contributed by atoms with E-state index in [4.69, 9.17) is 0 Å². The summed E-state index contributed by atoms with van der Waals surface area (Å²) in [5, 5.41) is 9.67. The minimum Gasteiger partial charge on any atom is -0.481 e. The molecule has 2 heteroatoms. The maximum absolute atomic E-state index is 11.8. The lowest BCUT2D eigenvalue weighted by atomic mass is 9.77. The van der Waals surface area contributed by atoms with Crippen molar-refractivity contribution < 1.29 is 9.90 Å². The third-order valence-electron chi connectivity index (χ3n) is 5.13. The SMILES string of the molecule is O=C(O)C1(c2cccc(C3CCCC3)c2)CCCC1. The molecule has 0 spiro atoms. The van der Waals surface area contributed by atoms with E-state index in [0.717, 1.165) is 31.2 Å². The van der Waals surface area contributed by atoms with Gasteiger partial charge in [0.25, 0.3) is 0 Å². The van der Waals surface area contributed by atoms with Crippen LogP contribution < -0.4 is 0 Å². The smallest absolute Gasteiger partial charge is 0.314 e. The van der Waals surface area contributed by atoms with Crippen LogP contribution in [0.2, 0.25) is 0 Å². The lowest BCUT2D eigenvalue weighted by molar-refractivity contribution is -0.143. The average molecular weight is 258 g/mol. The molecule has 2 saturated carbocycles. The van der Waals surface area contributed by atoms with Crippen LogP contribution in [0.3, 0.4) is 0 Å². The summed E-state index contributed by atoms with van der Waals surface area (Å²) in [6.45, 7) is 0. The average Bonchev–Trinajstić information content (AvgIpc) is 3.11. The molecule has 0 saturated heterocycles. The van der Waals surface area contributed by atoms with Crippen LogP contribution in [0.15, 0.2) is 24.3 Å². The maximum Gasteiger partial charge on any atom is 0.314 e. The van der Waals surface area contributed by atoms with Crippen LogP contribution in [-0.4, -0.2) is 11.1 Å². The molecule has 2 fully saturated rings. The van der Waals surface area contributed by atoms with E-state index in [1.165, 1.54) is 31.2 Å². The molecule has 0 amide bonds. The number of hydrogen-bond donors (Lipinski definition) is 1. The number of carbonyl (C=O) groups is 1. The molecular formula is C17H22O2. The Balaban J connectivity index is 1.95. The summed E-state index contributed by atoms with van der Waals surface area (Å²) in [6, 6.07) is 8.46. The third kappa shape index (κ3) is 2.18. The Kier molecular flexibility index (Phi) is 3.34. The van der Waals surface area contributed by atoms with E-state index in [1.54, 1.807) is 0 Å². The predicted octanol–water partition coefficient (Wildman–Crippen LogP) is 4.24. The van der Waals surface area contributed by atoms with Crippen molar-refractivity contribution in [3.05, 3.63) is 35.4 Å². The van der Waals surface area contributed by atoms with Crippen molar-refractivity contribution in [1.82, 2.24) is 0 Å². The maximum atomic E-state index is 11.8. The van der Waals surface area contributed by atoms with Gasteiger partial charge in [-0.1, -0.05) is 49.9 Å². The molecule has 1 N–H and O–H groups in total. The van der Waals surface area contributed by atoms with E-state index in [0.29, 0.717) is 5.92 Å². The predicted molar refractivity (Wildman–Crippen MR) is 75.4 cm³/mol. The monoisotopic (exact) mass is 258 g/mol. The molecule has 0 aliphatic heterocycles. The molecule has 2 aliphatic rings. The van der Waals surface area contributed by atoms with Crippen LogP contribution in [-0.2, 0) is 10.2 Å². The first-order valence-corrected chi connectivity index (χ1v) is 7.56. The molecule has 0 aromatic heterocycles. The summed E-state index contributed by atoms with van der Waals surface area (Å²) < 4.78 is 0. The third-order valence-corrected chi connectivity index (χ3v) is 5.13. The van der Waals surface area contributed by atoms with Crippen molar-refractivity contribution in [2.45, 2.75) is 62.7 Å². The summed E-state index contributed by atoms with van der Waals surface area (Å²) in [7, 11) is 0. The fourth-order valence-electron chi connectivity index (χ4n) is 3.95. The van der Waals surface area contributed by atoms with E-state index in [1.807, 2.05) is 6.07 Å². The fourth-order valence-corrected chi connectivity index (χ4v) is 3.95. The molecule has 1 aromatic carbocycles. The Morgan fingerprint density at radius 3 is 2.42 bits per heavy atom. The number of carboxylic acids is 1. The Labute approximate surface area is 114 Å². The van der Waals surface area contributed by atoms with Crippen LogP contribution in [0.1, 0.15) is 68.4 Å². The number of carboxylic acid groups (broad SMARTS) is 1. The van der Waals surface area contributed by atoms with Gasteiger partial charge in [-0.05, 0) is 42.7 Å². The fraction of sp³-hybridized carbons (Fsp3) is 0.588. The molecule has 2 aliphatic carbocycles. The molecule has 2 nitrogen and oxygen atoms in total. The number of aliphatic carboxylic acids is 1. The highest BCUT2D eigenvalue weighted by Gasteiger charge is 2.43. The molecule has 0 radical (unpaired) electrons. The highest BCUT2D eigenvalue weighted by molar-refractivity contribution is 5.81. The van der Waals surface area contributed by atoms with Gasteiger partial charge in [0.05, 0.1) is 5.41 Å². The van der Waals surface area contributed by atoms with Crippen molar-refractivity contribution in [3.8, 4) is 0 Å². The van der Waals surface area contributed by atoms with Crippen LogP contribution in [0.25, 0.3) is 0 Å². The van der Waals surface area contributed by atoms with Gasteiger partial charge in [-0.25, -0.2) is 0 Å². The quantitative estimate of drug-likeness (QED) is 0.880. The molecule has 102 valence electrons. The minimum absolute atomic E-state index is 0.603. The Bertz CT molecular complexity index is 466. The summed E-state index contributed by atoms with van der Waals surface area (Å²) in [5.41, 5.74) is 1.80. The number of rotatable bonds is 3. The normalized spacial score (nSPS) is 22.7. The second-order valence-electron chi connectivity index (χ2n) is 6.20. The van der Waals surface area contributed by atoms with Crippen molar-refractivity contribution in [1.29, 1.82) is 0 Å². The van der Waals surface area contributed by atoms with E-state index in [-0.39, 0.29) is 0 Å². The van der Waals surface area contributed by atoms with E-state index >= 15 is 0 Å². The number of hydrogen-bond acceptors (Lipinski definition) is 1. The zero-order valence-electron chi connectivity index (χ0n) is 11.4. The Hall–Kier alpha value is -1.31. The van der Waals surface area contributed by atoms with Gasteiger partial charge in [-0.2, -0.15) is 0 Å². The first-order chi connectivity index (χ1) is 9.22. The van der Waals surface area contributed by atoms with Crippen LogP contribution >= 0.6 is 0 Å². The highest BCUT2D eigenvalue weighted by atomic mass is 16.4. The number of benzene rings is 1. The topological polar surface area (TPSA) is 37.3 Å². The largest absolute Gasteiger partial charge is 0.481 e. The standard InChI is InChI=1S/C17H22O2/c18-16(19)17(10-3-4-11-17)15-9-5-8-14(12-15)13-6-1-2-7-13/h5,8-9,12-13H,1-4,6-7,10-11H2,(H,18,19). The summed E-state index contributed by atoms with van der Waals surface area (Å²) in [4.78, 5) is 11.8. The lowest BCUT2D eigenvalue weighted by Crippen LogP contribution is -2.32. The van der Waals surface area contributed by atoms with Crippen molar-refractivity contribution in [2.75, 3.05) is 0 Å². The van der Waals surface area contributed by atoms with E-state index < -0.39 is 11.4 Å². The van der Waals surface area contributed by atoms with Gasteiger partial charge in [-0.15, -0.1) is 0 Å². The van der Waals surface area contributed by atoms with Crippen LogP contribution in [0.5, 0.6) is 0 Å². The van der Waals surface area contributed by atoms with Crippen molar-refractivity contribution in [3.63, 3.8) is 0 Å². The van der Waals surface area contributed by atoms with Crippen LogP contribution in [0.4, 0.5) is 0 Å². The molecular weight excluding hydrogens is 236 g/mol. The second-order valence-corrected chi connectivity index (χ2v) is 6.20. The lowest BCUT2D eigenvalue weighted by Gasteiger charge is -2.25.